The highest BCUT2D eigenvalue weighted by Gasteiger charge is 2.37. The standard InChI is InChI=1S/C26H19ClN2O7/c1-35-22-13-16(8-11-21(22)36-14-15-6-9-17(10-7-15)25(32)33)12-18-23(30)28-26(34)29(24(18)31)20-5-3-2-4-19(20)27/h2-13H,14H2,1H3,(H,32,33)(H,28,30,34)/b18-12+. The first kappa shape index (κ1) is 24.5. The molecular formula is C26H19ClN2O7. The third-order valence-electron chi connectivity index (χ3n) is 5.29. The molecule has 1 fully saturated rings. The molecule has 36 heavy (non-hydrogen) atoms. The fourth-order valence-corrected chi connectivity index (χ4v) is 3.69. The van der Waals surface area contributed by atoms with Gasteiger partial charge in [-0.3, -0.25) is 14.9 Å². The molecule has 4 amide bonds. The monoisotopic (exact) mass is 506 g/mol. The van der Waals surface area contributed by atoms with E-state index in [1.165, 1.54) is 37.5 Å². The minimum Gasteiger partial charge on any atom is -0.493 e. The number of carbonyl (C=O) groups is 4. The van der Waals surface area contributed by atoms with Crippen molar-refractivity contribution in [2.45, 2.75) is 6.61 Å². The highest BCUT2D eigenvalue weighted by Crippen LogP contribution is 2.32. The Labute approximate surface area is 210 Å². The summed E-state index contributed by atoms with van der Waals surface area (Å²) < 4.78 is 11.2. The predicted molar refractivity (Wildman–Crippen MR) is 131 cm³/mol. The van der Waals surface area contributed by atoms with Crippen molar-refractivity contribution in [3.63, 3.8) is 0 Å². The molecule has 0 aromatic heterocycles. The Morgan fingerprint density at radius 2 is 1.75 bits per heavy atom. The molecule has 182 valence electrons. The number of nitrogens with one attached hydrogen (secondary N) is 1. The summed E-state index contributed by atoms with van der Waals surface area (Å²) in [6.07, 6.45) is 1.34. The van der Waals surface area contributed by atoms with Crippen LogP contribution in [0.15, 0.2) is 72.3 Å². The number of aromatic carboxylic acids is 1. The Bertz CT molecular complexity index is 1400. The molecule has 0 spiro atoms. The highest BCUT2D eigenvalue weighted by molar-refractivity contribution is 6.42. The van der Waals surface area contributed by atoms with Crippen molar-refractivity contribution in [3.8, 4) is 11.5 Å². The van der Waals surface area contributed by atoms with E-state index in [2.05, 4.69) is 5.32 Å². The van der Waals surface area contributed by atoms with Crippen molar-refractivity contribution in [1.29, 1.82) is 0 Å². The second-order valence-corrected chi connectivity index (χ2v) is 8.02. The SMILES string of the molecule is COc1cc(/C=C2\C(=O)NC(=O)N(c3ccccc3Cl)C2=O)ccc1OCc1ccc(C(=O)O)cc1. The summed E-state index contributed by atoms with van der Waals surface area (Å²) in [7, 11) is 1.44. The third-order valence-corrected chi connectivity index (χ3v) is 5.61. The molecule has 10 heteroatoms. The first-order chi connectivity index (χ1) is 17.3. The van der Waals surface area contributed by atoms with Gasteiger partial charge in [-0.25, -0.2) is 14.5 Å². The van der Waals surface area contributed by atoms with E-state index in [0.29, 0.717) is 17.1 Å². The molecule has 0 bridgehead atoms. The van der Waals surface area contributed by atoms with Gasteiger partial charge < -0.3 is 14.6 Å². The van der Waals surface area contributed by atoms with Crippen molar-refractivity contribution in [2.75, 3.05) is 12.0 Å². The number of benzene rings is 3. The molecule has 9 nitrogen and oxygen atoms in total. The number of amides is 4. The molecule has 0 atom stereocenters. The normalized spacial score (nSPS) is 14.6. The maximum atomic E-state index is 13.1. The first-order valence-electron chi connectivity index (χ1n) is 10.6. The molecular weight excluding hydrogens is 488 g/mol. The molecule has 0 unspecified atom stereocenters. The quantitative estimate of drug-likeness (QED) is 0.362. The molecule has 1 aliphatic rings. The Morgan fingerprint density at radius 3 is 2.42 bits per heavy atom. The number of barbiturate groups is 1. The summed E-state index contributed by atoms with van der Waals surface area (Å²) in [5, 5.41) is 11.3. The van der Waals surface area contributed by atoms with E-state index in [4.69, 9.17) is 26.2 Å². The number of anilines is 1. The fourth-order valence-electron chi connectivity index (χ4n) is 3.47. The summed E-state index contributed by atoms with van der Waals surface area (Å²) in [6, 6.07) is 16.5. The van der Waals surface area contributed by atoms with Crippen LogP contribution in [0.2, 0.25) is 5.02 Å². The summed E-state index contributed by atoms with van der Waals surface area (Å²) in [4.78, 5) is 49.7. The van der Waals surface area contributed by atoms with Gasteiger partial charge in [0.25, 0.3) is 11.8 Å². The second-order valence-electron chi connectivity index (χ2n) is 7.61. The van der Waals surface area contributed by atoms with Crippen molar-refractivity contribution >= 4 is 47.2 Å². The number of ether oxygens (including phenoxy) is 2. The number of carboxylic acid groups (broad SMARTS) is 1. The van der Waals surface area contributed by atoms with Crippen molar-refractivity contribution < 1.29 is 33.8 Å². The van der Waals surface area contributed by atoms with Crippen LogP contribution in [0.25, 0.3) is 6.08 Å². The molecule has 3 aromatic rings. The number of carbonyl (C=O) groups excluding carboxylic acids is 3. The van der Waals surface area contributed by atoms with Gasteiger partial charge in [-0.2, -0.15) is 0 Å². The van der Waals surface area contributed by atoms with Crippen LogP contribution in [-0.2, 0) is 16.2 Å². The molecule has 1 saturated heterocycles. The van der Waals surface area contributed by atoms with Crippen LogP contribution in [0, 0.1) is 0 Å². The maximum absolute atomic E-state index is 13.1. The minimum atomic E-state index is -1.02. The Morgan fingerprint density at radius 1 is 1.03 bits per heavy atom. The summed E-state index contributed by atoms with van der Waals surface area (Å²) in [5.41, 5.74) is 1.27. The van der Waals surface area contributed by atoms with Gasteiger partial charge in [0.15, 0.2) is 11.5 Å². The first-order valence-corrected chi connectivity index (χ1v) is 11.0. The number of hydrogen-bond acceptors (Lipinski definition) is 6. The number of carboxylic acids is 1. The number of nitrogens with zero attached hydrogens (tertiary/aromatic N) is 1. The van der Waals surface area contributed by atoms with E-state index >= 15 is 0 Å². The van der Waals surface area contributed by atoms with Gasteiger partial charge in [-0.1, -0.05) is 41.9 Å². The lowest BCUT2D eigenvalue weighted by Gasteiger charge is -2.27. The topological polar surface area (TPSA) is 122 Å². The van der Waals surface area contributed by atoms with Crippen LogP contribution >= 0.6 is 11.6 Å². The number of urea groups is 1. The van der Waals surface area contributed by atoms with E-state index in [9.17, 15) is 19.2 Å². The lowest BCUT2D eigenvalue weighted by Crippen LogP contribution is -2.54. The summed E-state index contributed by atoms with van der Waals surface area (Å²) >= 11 is 6.15. The van der Waals surface area contributed by atoms with Gasteiger partial charge in [-0.05, 0) is 53.6 Å². The van der Waals surface area contributed by atoms with Crippen LogP contribution in [0.1, 0.15) is 21.5 Å². The molecule has 0 radical (unpaired) electrons. The molecule has 1 heterocycles. The smallest absolute Gasteiger partial charge is 0.335 e. The average molecular weight is 507 g/mol. The Hall–Kier alpha value is -4.63. The average Bonchev–Trinajstić information content (AvgIpc) is 2.86. The van der Waals surface area contributed by atoms with Gasteiger partial charge in [0.05, 0.1) is 23.4 Å². The largest absolute Gasteiger partial charge is 0.493 e. The fraction of sp³-hybridized carbons (Fsp3) is 0.0769. The molecule has 0 saturated carbocycles. The zero-order chi connectivity index (χ0) is 25.8. The Balaban J connectivity index is 1.57. The van der Waals surface area contributed by atoms with Crippen molar-refractivity contribution in [3.05, 3.63) is 94.0 Å². The third kappa shape index (κ3) is 5.06. The number of halogens is 1. The van der Waals surface area contributed by atoms with Crippen LogP contribution < -0.4 is 19.7 Å². The van der Waals surface area contributed by atoms with Gasteiger partial charge in [0, 0.05) is 0 Å². The van der Waals surface area contributed by atoms with E-state index in [-0.39, 0.29) is 28.5 Å². The predicted octanol–water partition coefficient (Wildman–Crippen LogP) is 4.29. The van der Waals surface area contributed by atoms with Gasteiger partial charge in [-0.15, -0.1) is 0 Å². The molecule has 4 rings (SSSR count). The van der Waals surface area contributed by atoms with E-state index in [1.807, 2.05) is 0 Å². The van der Waals surface area contributed by atoms with Crippen molar-refractivity contribution in [2.24, 2.45) is 0 Å². The number of hydrogen-bond donors (Lipinski definition) is 2. The van der Waals surface area contributed by atoms with Gasteiger partial charge in [0.1, 0.15) is 12.2 Å². The van der Waals surface area contributed by atoms with E-state index in [1.54, 1.807) is 42.5 Å². The molecule has 1 aliphatic heterocycles. The molecule has 0 aliphatic carbocycles. The number of imide groups is 2. The number of methoxy groups -OCH3 is 1. The highest BCUT2D eigenvalue weighted by atomic mass is 35.5. The Kier molecular flexibility index (Phi) is 7.03. The lowest BCUT2D eigenvalue weighted by atomic mass is 10.1. The van der Waals surface area contributed by atoms with E-state index in [0.717, 1.165) is 10.5 Å². The molecule has 3 aromatic carbocycles. The van der Waals surface area contributed by atoms with Crippen molar-refractivity contribution in [1.82, 2.24) is 5.32 Å². The minimum absolute atomic E-state index is 0.151. The van der Waals surface area contributed by atoms with Crippen LogP contribution in [0.5, 0.6) is 11.5 Å². The van der Waals surface area contributed by atoms with E-state index < -0.39 is 23.8 Å². The maximum Gasteiger partial charge on any atom is 0.335 e. The van der Waals surface area contributed by atoms with Crippen LogP contribution in [0.4, 0.5) is 10.5 Å². The zero-order valence-corrected chi connectivity index (χ0v) is 19.6. The van der Waals surface area contributed by atoms with Gasteiger partial charge >= 0.3 is 12.0 Å². The lowest BCUT2D eigenvalue weighted by molar-refractivity contribution is -0.122. The van der Waals surface area contributed by atoms with Gasteiger partial charge in [0.2, 0.25) is 0 Å². The van der Waals surface area contributed by atoms with Crippen LogP contribution in [-0.4, -0.2) is 36.0 Å². The summed E-state index contributed by atoms with van der Waals surface area (Å²) in [6.45, 7) is 0.159. The molecule has 2 N–H and O–H groups in total. The number of rotatable bonds is 7. The zero-order valence-electron chi connectivity index (χ0n) is 18.9. The summed E-state index contributed by atoms with van der Waals surface area (Å²) in [5.74, 6) is -1.93. The number of para-hydroxylation sites is 1. The second kappa shape index (κ2) is 10.3. The van der Waals surface area contributed by atoms with Crippen LogP contribution in [0.3, 0.4) is 0 Å².